The smallest absolute Gasteiger partial charge is 0.153 e. The van der Waals surface area contributed by atoms with Crippen LogP contribution < -0.4 is 0 Å². The van der Waals surface area contributed by atoms with Crippen LogP contribution in [0, 0.1) is 17.1 Å². The summed E-state index contributed by atoms with van der Waals surface area (Å²) in [4.78, 5) is 10.3. The highest BCUT2D eigenvalue weighted by atomic mass is 19.1. The van der Waals surface area contributed by atoms with Crippen LogP contribution in [0.2, 0.25) is 0 Å². The molecule has 0 fully saturated rings. The van der Waals surface area contributed by atoms with Gasteiger partial charge in [0.2, 0.25) is 0 Å². The predicted molar refractivity (Wildman–Crippen MR) is 46.4 cm³/mol. The van der Waals surface area contributed by atoms with Crippen molar-refractivity contribution in [2.45, 2.75) is 0 Å². The topological polar surface area (TPSA) is 40.9 Å². The predicted octanol–water partition coefficient (Wildman–Crippen LogP) is 2.17. The third-order valence-corrected chi connectivity index (χ3v) is 1.50. The van der Waals surface area contributed by atoms with Crippen molar-refractivity contribution in [2.24, 2.45) is 0 Å². The van der Waals surface area contributed by atoms with Crippen LogP contribution in [0.4, 0.5) is 4.39 Å². The molecule has 0 aliphatic rings. The van der Waals surface area contributed by atoms with Crippen LogP contribution in [0.5, 0.6) is 0 Å². The highest BCUT2D eigenvalue weighted by Gasteiger charge is 1.99. The van der Waals surface area contributed by atoms with Gasteiger partial charge in [-0.3, -0.25) is 4.79 Å². The van der Waals surface area contributed by atoms with Gasteiger partial charge in [0.05, 0.1) is 11.6 Å². The zero-order valence-corrected chi connectivity index (χ0v) is 6.70. The molecule has 0 aliphatic carbocycles. The highest BCUT2D eigenvalue weighted by Crippen LogP contribution is 2.09. The maximum absolute atomic E-state index is 12.8. The Balaban J connectivity index is 3.08. The molecular weight excluding hydrogens is 169 g/mol. The molecule has 0 heterocycles. The summed E-state index contributed by atoms with van der Waals surface area (Å²) in [5.74, 6) is -0.552. The second kappa shape index (κ2) is 4.17. The molecule has 0 saturated carbocycles. The van der Waals surface area contributed by atoms with Crippen molar-refractivity contribution in [1.82, 2.24) is 0 Å². The van der Waals surface area contributed by atoms with Gasteiger partial charge in [0.15, 0.2) is 6.29 Å². The Bertz CT molecular complexity index is 390. The van der Waals surface area contributed by atoms with E-state index in [1.54, 1.807) is 6.07 Å². The lowest BCUT2D eigenvalue weighted by molar-refractivity contribution is 0.112. The summed E-state index contributed by atoms with van der Waals surface area (Å²) >= 11 is 0. The summed E-state index contributed by atoms with van der Waals surface area (Å²) in [6, 6.07) is 5.88. The summed E-state index contributed by atoms with van der Waals surface area (Å²) in [5, 5.41) is 8.23. The Labute approximate surface area is 74.9 Å². The van der Waals surface area contributed by atoms with Gasteiger partial charge in [-0.25, -0.2) is 4.39 Å². The van der Waals surface area contributed by atoms with Gasteiger partial charge in [0.25, 0.3) is 0 Å². The van der Waals surface area contributed by atoms with E-state index in [1.165, 1.54) is 30.4 Å². The first-order chi connectivity index (χ1) is 6.27. The lowest BCUT2D eigenvalue weighted by Gasteiger charge is -1.95. The van der Waals surface area contributed by atoms with Crippen molar-refractivity contribution in [2.75, 3.05) is 0 Å². The maximum atomic E-state index is 12.8. The van der Waals surface area contributed by atoms with Crippen LogP contribution in [0.15, 0.2) is 24.3 Å². The Morgan fingerprint density at radius 3 is 2.85 bits per heavy atom. The monoisotopic (exact) mass is 175 g/mol. The number of hydrogen-bond acceptors (Lipinski definition) is 2. The van der Waals surface area contributed by atoms with E-state index in [0.717, 1.165) is 0 Å². The fourth-order valence-corrected chi connectivity index (χ4v) is 0.890. The summed E-state index contributed by atoms with van der Waals surface area (Å²) in [6.07, 6.45) is 3.22. The molecule has 13 heavy (non-hydrogen) atoms. The highest BCUT2D eigenvalue weighted by molar-refractivity contribution is 5.76. The van der Waals surface area contributed by atoms with Gasteiger partial charge in [-0.1, -0.05) is 6.07 Å². The summed E-state index contributed by atoms with van der Waals surface area (Å²) < 4.78 is 12.8. The van der Waals surface area contributed by atoms with E-state index >= 15 is 0 Å². The largest absolute Gasteiger partial charge is 0.298 e. The van der Waals surface area contributed by atoms with Gasteiger partial charge >= 0.3 is 0 Å². The van der Waals surface area contributed by atoms with Crippen LogP contribution in [-0.2, 0) is 0 Å². The first-order valence-corrected chi connectivity index (χ1v) is 3.59. The van der Waals surface area contributed by atoms with Crippen molar-refractivity contribution in [3.05, 3.63) is 41.2 Å². The van der Waals surface area contributed by atoms with E-state index in [1.807, 2.05) is 0 Å². The third-order valence-electron chi connectivity index (χ3n) is 1.50. The van der Waals surface area contributed by atoms with Crippen molar-refractivity contribution in [3.63, 3.8) is 0 Å². The quantitative estimate of drug-likeness (QED) is 0.510. The first-order valence-electron chi connectivity index (χ1n) is 3.59. The molecule has 0 bridgehead atoms. The number of hydrogen-bond donors (Lipinski definition) is 0. The molecule has 0 aliphatic heterocycles. The molecule has 3 heteroatoms. The molecular formula is C10H6FNO. The molecule has 0 N–H and O–H groups in total. The van der Waals surface area contributed by atoms with Crippen LogP contribution in [0.1, 0.15) is 15.9 Å². The van der Waals surface area contributed by atoms with Gasteiger partial charge in [-0.05, 0) is 23.8 Å². The molecule has 0 aromatic heterocycles. The van der Waals surface area contributed by atoms with Crippen LogP contribution in [0.25, 0.3) is 6.08 Å². The minimum absolute atomic E-state index is 0.0000831. The lowest BCUT2D eigenvalue weighted by atomic mass is 10.1. The molecule has 2 nitrogen and oxygen atoms in total. The van der Waals surface area contributed by atoms with Crippen LogP contribution >= 0.6 is 0 Å². The zero-order chi connectivity index (χ0) is 9.68. The number of aldehydes is 1. The molecule has 0 spiro atoms. The first kappa shape index (κ1) is 9.14. The summed E-state index contributed by atoms with van der Waals surface area (Å²) in [6.45, 7) is 0. The number of nitrogens with zero attached hydrogens (tertiary/aromatic N) is 1. The van der Waals surface area contributed by atoms with Crippen molar-refractivity contribution in [1.29, 1.82) is 5.26 Å². The molecule has 64 valence electrons. The van der Waals surface area contributed by atoms with Gasteiger partial charge in [0, 0.05) is 6.08 Å². The minimum Gasteiger partial charge on any atom is -0.298 e. The van der Waals surface area contributed by atoms with Gasteiger partial charge in [-0.15, -0.1) is 0 Å². The fourth-order valence-electron chi connectivity index (χ4n) is 0.890. The molecule has 1 aromatic carbocycles. The van der Waals surface area contributed by atoms with Gasteiger partial charge in [-0.2, -0.15) is 5.26 Å². The van der Waals surface area contributed by atoms with Crippen LogP contribution in [0.3, 0.4) is 0 Å². The molecule has 0 unspecified atom stereocenters. The van der Waals surface area contributed by atoms with E-state index in [4.69, 9.17) is 5.26 Å². The standard InChI is InChI=1S/C10H6FNO/c11-10-4-3-8(2-1-5-12)6-9(10)7-13/h1-4,6-7H. The van der Waals surface area contributed by atoms with Crippen molar-refractivity contribution >= 4 is 12.4 Å². The number of nitriles is 1. The van der Waals surface area contributed by atoms with Gasteiger partial charge in [0.1, 0.15) is 5.82 Å². The van der Waals surface area contributed by atoms with Crippen LogP contribution in [-0.4, -0.2) is 6.29 Å². The van der Waals surface area contributed by atoms with E-state index < -0.39 is 5.82 Å². The minimum atomic E-state index is -0.552. The van der Waals surface area contributed by atoms with E-state index in [9.17, 15) is 9.18 Å². The number of rotatable bonds is 2. The average molecular weight is 175 g/mol. The molecule has 0 saturated heterocycles. The Morgan fingerprint density at radius 1 is 1.46 bits per heavy atom. The Kier molecular flexibility index (Phi) is 2.93. The normalized spacial score (nSPS) is 9.85. The number of allylic oxidation sites excluding steroid dienone is 1. The molecule has 1 aromatic rings. The van der Waals surface area contributed by atoms with Crippen molar-refractivity contribution < 1.29 is 9.18 Å². The third kappa shape index (κ3) is 2.24. The average Bonchev–Trinajstić information content (AvgIpc) is 2.16. The maximum Gasteiger partial charge on any atom is 0.153 e. The number of halogens is 1. The zero-order valence-electron chi connectivity index (χ0n) is 6.70. The Hall–Kier alpha value is -1.95. The summed E-state index contributed by atoms with van der Waals surface area (Å²) in [5.41, 5.74) is 0.630. The van der Waals surface area contributed by atoms with E-state index in [0.29, 0.717) is 11.8 Å². The number of carbonyl (C=O) groups is 1. The second-order valence-corrected chi connectivity index (χ2v) is 2.36. The SMILES string of the molecule is N#CC=Cc1ccc(F)c(C=O)c1. The van der Waals surface area contributed by atoms with Gasteiger partial charge < -0.3 is 0 Å². The van der Waals surface area contributed by atoms with Crippen molar-refractivity contribution in [3.8, 4) is 6.07 Å². The lowest BCUT2D eigenvalue weighted by Crippen LogP contribution is -1.87. The molecule has 0 radical (unpaired) electrons. The number of benzene rings is 1. The van der Waals surface area contributed by atoms with E-state index in [2.05, 4.69) is 0 Å². The molecule has 0 amide bonds. The Morgan fingerprint density at radius 2 is 2.23 bits per heavy atom. The summed E-state index contributed by atoms with van der Waals surface area (Å²) in [7, 11) is 0. The molecule has 1 rings (SSSR count). The molecule has 0 atom stereocenters. The van der Waals surface area contributed by atoms with E-state index in [-0.39, 0.29) is 5.56 Å². The fraction of sp³-hybridized carbons (Fsp3) is 0. The number of carbonyl (C=O) groups excluding carboxylic acids is 1. The second-order valence-electron chi connectivity index (χ2n) is 2.36.